The summed E-state index contributed by atoms with van der Waals surface area (Å²) < 4.78 is 22.7. The van der Waals surface area contributed by atoms with Gasteiger partial charge < -0.3 is 24.3 Å². The molecule has 3 rings (SSSR count). The highest BCUT2D eigenvalue weighted by Gasteiger charge is 2.35. The van der Waals surface area contributed by atoms with Gasteiger partial charge in [0.2, 0.25) is 0 Å². The van der Waals surface area contributed by atoms with Crippen LogP contribution in [0.4, 0.5) is 5.69 Å². The molecule has 2 atom stereocenters. The Hall–Kier alpha value is -2.58. The minimum absolute atomic E-state index is 0.465. The first-order valence-electron chi connectivity index (χ1n) is 8.08. The van der Waals surface area contributed by atoms with Gasteiger partial charge in [-0.1, -0.05) is 28.1 Å². The summed E-state index contributed by atoms with van der Waals surface area (Å²) in [5.74, 6) is -0.216. The van der Waals surface area contributed by atoms with Crippen LogP contribution < -0.4 is 14.8 Å². The number of carbonyl (C=O) groups is 2. The number of amides is 1. The molecular formula is C19H18BrNO6. The summed E-state index contributed by atoms with van der Waals surface area (Å²) in [7, 11) is 3.06. The van der Waals surface area contributed by atoms with Crippen molar-refractivity contribution in [2.45, 2.75) is 19.3 Å². The fraction of sp³-hybridized carbons (Fsp3) is 0.263. The van der Waals surface area contributed by atoms with Crippen LogP contribution in [0.15, 0.2) is 40.9 Å². The van der Waals surface area contributed by atoms with Gasteiger partial charge in [0, 0.05) is 28.2 Å². The summed E-state index contributed by atoms with van der Waals surface area (Å²) in [6.45, 7) is 1.21. The standard InChI is InChI=1S/C19H18BrNO6/c1-10(22)26-19-18(23)21-14-8-7-11(20)9-13(14)16(27-19)12-5-4-6-15(24-2)17(12)25-3/h4-9,16,19H,1-3H3,(H,21,23)/t16-,19+/m1/s1. The lowest BCUT2D eigenvalue weighted by Gasteiger charge is -2.23. The van der Waals surface area contributed by atoms with Gasteiger partial charge in [-0.2, -0.15) is 0 Å². The molecule has 2 aromatic carbocycles. The van der Waals surface area contributed by atoms with Crippen LogP contribution in [0.25, 0.3) is 0 Å². The van der Waals surface area contributed by atoms with Crippen molar-refractivity contribution in [3.63, 3.8) is 0 Å². The third kappa shape index (κ3) is 3.91. The molecule has 8 heteroatoms. The lowest BCUT2D eigenvalue weighted by Crippen LogP contribution is -2.33. The number of carbonyl (C=O) groups excluding carboxylic acids is 2. The first-order valence-corrected chi connectivity index (χ1v) is 8.87. The average Bonchev–Trinajstić information content (AvgIpc) is 2.77. The molecule has 1 aliphatic rings. The first kappa shape index (κ1) is 19.2. The lowest BCUT2D eigenvalue weighted by atomic mass is 9.98. The molecule has 0 saturated heterocycles. The van der Waals surface area contributed by atoms with Crippen LogP contribution in [-0.2, 0) is 19.1 Å². The number of para-hydroxylation sites is 1. The van der Waals surface area contributed by atoms with E-state index in [0.717, 1.165) is 4.47 Å². The highest BCUT2D eigenvalue weighted by Crippen LogP contribution is 2.43. The first-order chi connectivity index (χ1) is 12.9. The number of hydrogen-bond acceptors (Lipinski definition) is 6. The maximum Gasteiger partial charge on any atom is 0.305 e. The SMILES string of the molecule is COc1cccc([C@H]2O[C@H](OC(C)=O)C(=O)Nc3ccc(Br)cc32)c1OC. The van der Waals surface area contributed by atoms with Crippen LogP contribution in [0.1, 0.15) is 24.2 Å². The maximum absolute atomic E-state index is 12.5. The average molecular weight is 436 g/mol. The van der Waals surface area contributed by atoms with Crippen molar-refractivity contribution in [1.82, 2.24) is 0 Å². The Kier molecular flexibility index (Phi) is 5.67. The molecule has 27 heavy (non-hydrogen) atoms. The zero-order valence-electron chi connectivity index (χ0n) is 14.9. The summed E-state index contributed by atoms with van der Waals surface area (Å²) >= 11 is 3.44. The monoisotopic (exact) mass is 435 g/mol. The molecule has 7 nitrogen and oxygen atoms in total. The highest BCUT2D eigenvalue weighted by atomic mass is 79.9. The van der Waals surface area contributed by atoms with Crippen molar-refractivity contribution in [3.8, 4) is 11.5 Å². The molecule has 0 aromatic heterocycles. The van der Waals surface area contributed by atoms with Crippen molar-refractivity contribution >= 4 is 33.5 Å². The fourth-order valence-corrected chi connectivity index (χ4v) is 3.28. The third-order valence-electron chi connectivity index (χ3n) is 4.02. The zero-order valence-corrected chi connectivity index (χ0v) is 16.5. The number of methoxy groups -OCH3 is 2. The predicted molar refractivity (Wildman–Crippen MR) is 101 cm³/mol. The van der Waals surface area contributed by atoms with Gasteiger partial charge in [-0.3, -0.25) is 9.59 Å². The Morgan fingerprint density at radius 3 is 2.59 bits per heavy atom. The number of esters is 1. The molecule has 1 N–H and O–H groups in total. The molecule has 1 amide bonds. The molecule has 0 unspecified atom stereocenters. The minimum atomic E-state index is -1.41. The fourth-order valence-electron chi connectivity index (χ4n) is 2.91. The molecule has 2 aromatic rings. The number of anilines is 1. The molecule has 0 bridgehead atoms. The molecular weight excluding hydrogens is 418 g/mol. The van der Waals surface area contributed by atoms with Crippen LogP contribution >= 0.6 is 15.9 Å². The Labute approximate surface area is 164 Å². The van der Waals surface area contributed by atoms with Crippen molar-refractivity contribution in [3.05, 3.63) is 52.0 Å². The molecule has 0 radical (unpaired) electrons. The summed E-state index contributed by atoms with van der Waals surface area (Å²) in [6, 6.07) is 10.7. The van der Waals surface area contributed by atoms with Crippen LogP contribution in [0.2, 0.25) is 0 Å². The van der Waals surface area contributed by atoms with E-state index in [2.05, 4.69) is 21.2 Å². The van der Waals surface area contributed by atoms with Gasteiger partial charge in [-0.05, 0) is 24.3 Å². The van der Waals surface area contributed by atoms with Crippen molar-refractivity contribution < 1.29 is 28.5 Å². The second-order valence-corrected chi connectivity index (χ2v) is 6.68. The third-order valence-corrected chi connectivity index (χ3v) is 4.51. The van der Waals surface area contributed by atoms with E-state index in [9.17, 15) is 9.59 Å². The van der Waals surface area contributed by atoms with Gasteiger partial charge in [0.1, 0.15) is 6.10 Å². The Morgan fingerprint density at radius 1 is 1.15 bits per heavy atom. The van der Waals surface area contributed by atoms with E-state index in [1.807, 2.05) is 6.07 Å². The minimum Gasteiger partial charge on any atom is -0.493 e. The quantitative estimate of drug-likeness (QED) is 0.740. The molecule has 0 aliphatic carbocycles. The van der Waals surface area contributed by atoms with E-state index >= 15 is 0 Å². The Balaban J connectivity index is 2.18. The molecule has 1 heterocycles. The number of nitrogens with one attached hydrogen (secondary N) is 1. The van der Waals surface area contributed by atoms with E-state index in [0.29, 0.717) is 28.3 Å². The normalized spacial score (nSPS) is 18.7. The van der Waals surface area contributed by atoms with Gasteiger partial charge in [0.05, 0.1) is 14.2 Å². The molecule has 0 saturated carbocycles. The zero-order chi connectivity index (χ0) is 19.6. The van der Waals surface area contributed by atoms with Gasteiger partial charge in [-0.15, -0.1) is 0 Å². The van der Waals surface area contributed by atoms with Crippen LogP contribution in [-0.4, -0.2) is 32.4 Å². The predicted octanol–water partition coefficient (Wildman–Crippen LogP) is 3.41. The topological polar surface area (TPSA) is 83.1 Å². The Bertz CT molecular complexity index is 884. The number of rotatable bonds is 4. The second-order valence-electron chi connectivity index (χ2n) is 5.76. The smallest absolute Gasteiger partial charge is 0.305 e. The summed E-state index contributed by atoms with van der Waals surface area (Å²) in [4.78, 5) is 23.9. The largest absolute Gasteiger partial charge is 0.493 e. The van der Waals surface area contributed by atoms with Crippen molar-refractivity contribution in [2.24, 2.45) is 0 Å². The van der Waals surface area contributed by atoms with Gasteiger partial charge >= 0.3 is 5.97 Å². The van der Waals surface area contributed by atoms with E-state index in [1.165, 1.54) is 21.1 Å². The number of halogens is 1. The van der Waals surface area contributed by atoms with Gasteiger partial charge in [-0.25, -0.2) is 0 Å². The van der Waals surface area contributed by atoms with E-state index < -0.39 is 24.3 Å². The summed E-state index contributed by atoms with van der Waals surface area (Å²) in [6.07, 6.45) is -2.15. The molecule has 1 aliphatic heterocycles. The van der Waals surface area contributed by atoms with Gasteiger partial charge in [0.25, 0.3) is 12.2 Å². The maximum atomic E-state index is 12.5. The number of hydrogen-bond donors (Lipinski definition) is 1. The van der Waals surface area contributed by atoms with E-state index in [4.69, 9.17) is 18.9 Å². The van der Waals surface area contributed by atoms with Crippen molar-refractivity contribution in [1.29, 1.82) is 0 Å². The van der Waals surface area contributed by atoms with Crippen LogP contribution in [0, 0.1) is 0 Å². The summed E-state index contributed by atoms with van der Waals surface area (Å²) in [5.41, 5.74) is 1.86. The van der Waals surface area contributed by atoms with E-state index in [-0.39, 0.29) is 0 Å². The van der Waals surface area contributed by atoms with Gasteiger partial charge in [0.15, 0.2) is 11.5 Å². The molecule has 0 spiro atoms. The number of ether oxygens (including phenoxy) is 4. The Morgan fingerprint density at radius 2 is 1.93 bits per heavy atom. The van der Waals surface area contributed by atoms with E-state index in [1.54, 1.807) is 30.3 Å². The molecule has 0 fully saturated rings. The number of benzene rings is 2. The highest BCUT2D eigenvalue weighted by molar-refractivity contribution is 9.10. The van der Waals surface area contributed by atoms with Crippen LogP contribution in [0.3, 0.4) is 0 Å². The second kappa shape index (κ2) is 7.98. The lowest BCUT2D eigenvalue weighted by molar-refractivity contribution is -0.187. The summed E-state index contributed by atoms with van der Waals surface area (Å²) in [5, 5.41) is 2.74. The molecule has 142 valence electrons. The van der Waals surface area contributed by atoms with Crippen molar-refractivity contribution in [2.75, 3.05) is 19.5 Å². The van der Waals surface area contributed by atoms with Crippen LogP contribution in [0.5, 0.6) is 11.5 Å². The number of fused-ring (bicyclic) bond motifs is 1.